The maximum atomic E-state index is 4.36. The summed E-state index contributed by atoms with van der Waals surface area (Å²) >= 11 is 0. The molecule has 0 saturated heterocycles. The lowest BCUT2D eigenvalue weighted by atomic mass is 9.96. The number of nitrogens with one attached hydrogen (secondary N) is 2. The molecule has 0 spiro atoms. The Morgan fingerprint density at radius 3 is 2.38 bits per heavy atom. The highest BCUT2D eigenvalue weighted by Gasteiger charge is 2.15. The van der Waals surface area contributed by atoms with Gasteiger partial charge in [-0.2, -0.15) is 0 Å². The summed E-state index contributed by atoms with van der Waals surface area (Å²) in [6, 6.07) is 16.7. The average Bonchev–Trinajstić information content (AvgIpc) is 3.06. The normalized spacial score (nSPS) is 11.3. The Hall–Kier alpha value is -2.74. The van der Waals surface area contributed by atoms with Crippen molar-refractivity contribution in [1.82, 2.24) is 9.97 Å². The molecule has 4 aromatic rings. The molecular weight excluding hydrogens is 256 g/mol. The molecule has 21 heavy (non-hydrogen) atoms. The highest BCUT2D eigenvalue weighted by molar-refractivity contribution is 6.03. The molecule has 0 atom stereocenters. The molecule has 2 aromatic carbocycles. The molecular formula is C19H16N2. The number of hydrogen-bond acceptors (Lipinski definition) is 0. The van der Waals surface area contributed by atoms with Crippen molar-refractivity contribution in [2.75, 3.05) is 0 Å². The second-order valence-electron chi connectivity index (χ2n) is 5.40. The topological polar surface area (TPSA) is 31.6 Å². The van der Waals surface area contributed by atoms with Gasteiger partial charge in [0.05, 0.1) is 0 Å². The van der Waals surface area contributed by atoms with Crippen LogP contribution in [0.25, 0.3) is 27.4 Å². The third-order valence-electron chi connectivity index (χ3n) is 4.11. The van der Waals surface area contributed by atoms with Gasteiger partial charge in [-0.3, -0.25) is 0 Å². The molecule has 0 aliphatic heterocycles. The molecule has 2 heterocycles. The zero-order chi connectivity index (χ0) is 14.4. The number of benzene rings is 2. The third kappa shape index (κ3) is 1.73. The first-order chi connectivity index (χ1) is 10.3. The van der Waals surface area contributed by atoms with E-state index in [1.165, 1.54) is 21.9 Å². The van der Waals surface area contributed by atoms with Crippen LogP contribution in [0.5, 0.6) is 0 Å². The highest BCUT2D eigenvalue weighted by atomic mass is 14.7. The minimum atomic E-state index is 1.06. The van der Waals surface area contributed by atoms with E-state index >= 15 is 0 Å². The van der Waals surface area contributed by atoms with Gasteiger partial charge in [-0.15, -0.1) is 0 Å². The number of H-pyrrole nitrogens is 2. The Kier molecular flexibility index (Phi) is 2.51. The Morgan fingerprint density at radius 1 is 0.905 bits per heavy atom. The van der Waals surface area contributed by atoms with Crippen molar-refractivity contribution in [1.29, 1.82) is 0 Å². The summed E-state index contributed by atoms with van der Waals surface area (Å²) in [5.41, 5.74) is 6.89. The van der Waals surface area contributed by atoms with Crippen molar-refractivity contribution in [3.63, 3.8) is 0 Å². The number of hydrogen-bond donors (Lipinski definition) is 2. The minimum Gasteiger partial charge on any atom is -0.361 e. The second kappa shape index (κ2) is 4.38. The predicted octanol–water partition coefficient (Wildman–Crippen LogP) is 5.02. The monoisotopic (exact) mass is 272 g/mol. The smallest absolute Gasteiger partial charge is 0.0462 e. The van der Waals surface area contributed by atoms with Crippen LogP contribution < -0.4 is 0 Å². The maximum Gasteiger partial charge on any atom is 0.0462 e. The van der Waals surface area contributed by atoms with Crippen LogP contribution in [0.3, 0.4) is 0 Å². The van der Waals surface area contributed by atoms with Crippen LogP contribution in [0, 0.1) is 6.92 Å². The third-order valence-corrected chi connectivity index (χ3v) is 4.11. The summed E-state index contributed by atoms with van der Waals surface area (Å²) in [6.07, 6.45) is 2.05. The molecule has 0 aliphatic rings. The van der Waals surface area contributed by atoms with Gasteiger partial charge in [-0.25, -0.2) is 0 Å². The van der Waals surface area contributed by atoms with Gasteiger partial charge in [0.2, 0.25) is 0 Å². The number of rotatable bonds is 2. The number of fused-ring (bicyclic) bond motifs is 2. The molecule has 0 radical (unpaired) electrons. The molecule has 0 aliphatic carbocycles. The van der Waals surface area contributed by atoms with Gasteiger partial charge in [-0.1, -0.05) is 43.0 Å². The first kappa shape index (κ1) is 12.0. The summed E-state index contributed by atoms with van der Waals surface area (Å²) in [7, 11) is 0. The van der Waals surface area contributed by atoms with E-state index in [0.717, 1.165) is 22.3 Å². The quantitative estimate of drug-likeness (QED) is 0.513. The van der Waals surface area contributed by atoms with Gasteiger partial charge < -0.3 is 9.97 Å². The standard InChI is InChI=1S/C19H16N2/c1-12(16-11-20-17-9-5-3-7-14(16)17)19-13(2)21-18-10-6-4-8-15(18)19/h3-11,20-21H,1H2,2H3. The maximum absolute atomic E-state index is 4.36. The van der Waals surface area contributed by atoms with E-state index in [1.807, 2.05) is 12.3 Å². The van der Waals surface area contributed by atoms with Crippen LogP contribution in [0.1, 0.15) is 16.8 Å². The van der Waals surface area contributed by atoms with Crippen LogP contribution in [0.4, 0.5) is 0 Å². The van der Waals surface area contributed by atoms with Gasteiger partial charge >= 0.3 is 0 Å². The summed E-state index contributed by atoms with van der Waals surface area (Å²) < 4.78 is 0. The predicted molar refractivity (Wildman–Crippen MR) is 89.5 cm³/mol. The number of aromatic nitrogens is 2. The molecule has 102 valence electrons. The molecule has 0 amide bonds. The molecule has 4 rings (SSSR count). The fourth-order valence-corrected chi connectivity index (χ4v) is 3.12. The van der Waals surface area contributed by atoms with E-state index in [-0.39, 0.29) is 0 Å². The van der Waals surface area contributed by atoms with Crippen molar-refractivity contribution in [3.8, 4) is 0 Å². The summed E-state index contributed by atoms with van der Waals surface area (Å²) in [4.78, 5) is 6.77. The van der Waals surface area contributed by atoms with Crippen LogP contribution in [-0.4, -0.2) is 9.97 Å². The van der Waals surface area contributed by atoms with Crippen molar-refractivity contribution in [2.45, 2.75) is 6.92 Å². The average molecular weight is 272 g/mol. The van der Waals surface area contributed by atoms with Crippen molar-refractivity contribution < 1.29 is 0 Å². The van der Waals surface area contributed by atoms with E-state index in [1.54, 1.807) is 0 Å². The molecule has 0 unspecified atom stereocenters. The number of aryl methyl sites for hydroxylation is 1. The summed E-state index contributed by atoms with van der Waals surface area (Å²) in [5, 5.41) is 2.44. The first-order valence-corrected chi connectivity index (χ1v) is 7.09. The lowest BCUT2D eigenvalue weighted by Gasteiger charge is -2.05. The fraction of sp³-hybridized carbons (Fsp3) is 0.0526. The second-order valence-corrected chi connectivity index (χ2v) is 5.40. The Morgan fingerprint density at radius 2 is 1.57 bits per heavy atom. The zero-order valence-corrected chi connectivity index (χ0v) is 11.9. The van der Waals surface area contributed by atoms with E-state index < -0.39 is 0 Å². The number of aromatic amines is 2. The number of para-hydroxylation sites is 2. The highest BCUT2D eigenvalue weighted by Crippen LogP contribution is 2.34. The van der Waals surface area contributed by atoms with Gasteiger partial charge in [0.1, 0.15) is 0 Å². The van der Waals surface area contributed by atoms with Gasteiger partial charge in [0.15, 0.2) is 0 Å². The largest absolute Gasteiger partial charge is 0.361 e. The summed E-state index contributed by atoms with van der Waals surface area (Å²) in [5.74, 6) is 0. The lowest BCUT2D eigenvalue weighted by Crippen LogP contribution is -1.86. The van der Waals surface area contributed by atoms with Crippen LogP contribution in [-0.2, 0) is 0 Å². The molecule has 0 fully saturated rings. The molecule has 0 saturated carbocycles. The zero-order valence-electron chi connectivity index (χ0n) is 11.9. The van der Waals surface area contributed by atoms with Gasteiger partial charge in [0, 0.05) is 44.8 Å². The molecule has 2 N–H and O–H groups in total. The van der Waals surface area contributed by atoms with Crippen molar-refractivity contribution >= 4 is 27.4 Å². The molecule has 2 nitrogen and oxygen atoms in total. The van der Waals surface area contributed by atoms with Crippen LogP contribution in [0.15, 0.2) is 61.3 Å². The minimum absolute atomic E-state index is 1.06. The van der Waals surface area contributed by atoms with E-state index in [0.29, 0.717) is 0 Å². The Labute approximate surface area is 123 Å². The SMILES string of the molecule is C=C(c1c[nH]c2ccccc12)c1c(C)[nH]c2ccccc12. The van der Waals surface area contributed by atoms with Gasteiger partial charge in [-0.05, 0) is 24.6 Å². The molecule has 0 bridgehead atoms. The molecule has 2 aromatic heterocycles. The fourth-order valence-electron chi connectivity index (χ4n) is 3.12. The van der Waals surface area contributed by atoms with Gasteiger partial charge in [0.25, 0.3) is 0 Å². The van der Waals surface area contributed by atoms with Crippen molar-refractivity contribution in [2.24, 2.45) is 0 Å². The van der Waals surface area contributed by atoms with Crippen LogP contribution >= 0.6 is 0 Å². The Bertz CT molecular complexity index is 969. The van der Waals surface area contributed by atoms with E-state index in [9.17, 15) is 0 Å². The first-order valence-electron chi connectivity index (χ1n) is 7.09. The van der Waals surface area contributed by atoms with Crippen molar-refractivity contribution in [3.05, 3.63) is 78.1 Å². The van der Waals surface area contributed by atoms with Crippen LogP contribution in [0.2, 0.25) is 0 Å². The Balaban J connectivity index is 1.96. The van der Waals surface area contributed by atoms with E-state index in [4.69, 9.17) is 0 Å². The lowest BCUT2D eigenvalue weighted by molar-refractivity contribution is 1.28. The molecule has 2 heteroatoms. The summed E-state index contributed by atoms with van der Waals surface area (Å²) in [6.45, 7) is 6.47. The van der Waals surface area contributed by atoms with E-state index in [2.05, 4.69) is 65.9 Å².